The van der Waals surface area contributed by atoms with Crippen molar-refractivity contribution in [3.63, 3.8) is 0 Å². The minimum absolute atomic E-state index is 0.131. The molecule has 1 aliphatic heterocycles. The van der Waals surface area contributed by atoms with E-state index >= 15 is 0 Å². The van der Waals surface area contributed by atoms with Crippen LogP contribution in [0.15, 0.2) is 65.3 Å². The summed E-state index contributed by atoms with van der Waals surface area (Å²) in [7, 11) is 0. The average Bonchev–Trinajstić information content (AvgIpc) is 2.71. The molecule has 0 saturated heterocycles. The number of rotatable bonds is 5. The molecule has 1 aliphatic rings. The number of nitrogen functional groups attached to an aromatic ring is 1. The van der Waals surface area contributed by atoms with Gasteiger partial charge in [-0.1, -0.05) is 54.2 Å². The molecule has 8 heteroatoms. The standard InChI is InChI=1S/C21H18ClN5OS/c1-2-14(23)6-4-8-29-21-26-19(25-20(24)27-21)18-15-7-3-5-12-10-28-11-13(17(12)15)9-16(18)22/h2-9H,1,10-11,23H2,(H2,24,25,26,27)/b8-4+,14-6+. The fraction of sp³-hybridized carbons (Fsp3) is 0.0952. The maximum atomic E-state index is 6.63. The molecule has 0 saturated carbocycles. The van der Waals surface area contributed by atoms with Crippen LogP contribution in [-0.2, 0) is 18.0 Å². The quantitative estimate of drug-likeness (QED) is 0.457. The molecular formula is C21H18ClN5OS. The number of aromatic nitrogens is 3. The first-order valence-electron chi connectivity index (χ1n) is 8.81. The number of hydrogen-bond acceptors (Lipinski definition) is 7. The van der Waals surface area contributed by atoms with E-state index in [1.165, 1.54) is 11.8 Å². The van der Waals surface area contributed by atoms with E-state index in [9.17, 15) is 0 Å². The van der Waals surface area contributed by atoms with Gasteiger partial charge in [-0.25, -0.2) is 4.98 Å². The maximum absolute atomic E-state index is 6.63. The van der Waals surface area contributed by atoms with Gasteiger partial charge in [0.25, 0.3) is 0 Å². The fourth-order valence-electron chi connectivity index (χ4n) is 3.20. The van der Waals surface area contributed by atoms with Crippen molar-refractivity contribution in [3.8, 4) is 11.4 Å². The zero-order valence-corrected chi connectivity index (χ0v) is 17.0. The predicted molar refractivity (Wildman–Crippen MR) is 118 cm³/mol. The van der Waals surface area contributed by atoms with Gasteiger partial charge in [-0.05, 0) is 45.5 Å². The lowest BCUT2D eigenvalue weighted by atomic mass is 9.94. The first-order chi connectivity index (χ1) is 14.1. The number of nitrogens with zero attached hydrogens (tertiary/aromatic N) is 3. The third kappa shape index (κ3) is 3.98. The number of benzene rings is 2. The summed E-state index contributed by atoms with van der Waals surface area (Å²) in [5.41, 5.74) is 15.1. The monoisotopic (exact) mass is 423 g/mol. The van der Waals surface area contributed by atoms with Gasteiger partial charge in [-0.15, -0.1) is 0 Å². The molecule has 0 radical (unpaired) electrons. The van der Waals surface area contributed by atoms with Crippen molar-refractivity contribution in [1.82, 2.24) is 15.0 Å². The van der Waals surface area contributed by atoms with Crippen LogP contribution in [0.4, 0.5) is 5.95 Å². The van der Waals surface area contributed by atoms with Crippen LogP contribution in [0.3, 0.4) is 0 Å². The van der Waals surface area contributed by atoms with E-state index in [1.807, 2.05) is 23.6 Å². The summed E-state index contributed by atoms with van der Waals surface area (Å²) in [5.74, 6) is 0.571. The van der Waals surface area contributed by atoms with E-state index in [1.54, 1.807) is 18.2 Å². The molecule has 0 atom stereocenters. The maximum Gasteiger partial charge on any atom is 0.224 e. The number of hydrogen-bond donors (Lipinski definition) is 2. The third-order valence-corrected chi connectivity index (χ3v) is 5.41. The Hall–Kier alpha value is -2.87. The fourth-order valence-corrected chi connectivity index (χ4v) is 4.08. The lowest BCUT2D eigenvalue weighted by Crippen LogP contribution is -2.06. The zero-order valence-electron chi connectivity index (χ0n) is 15.4. The highest BCUT2D eigenvalue weighted by Crippen LogP contribution is 2.39. The lowest BCUT2D eigenvalue weighted by molar-refractivity contribution is 0.103. The van der Waals surface area contributed by atoms with Crippen molar-refractivity contribution in [3.05, 3.63) is 76.3 Å². The highest BCUT2D eigenvalue weighted by atomic mass is 35.5. The van der Waals surface area contributed by atoms with Gasteiger partial charge in [0.1, 0.15) is 0 Å². The van der Waals surface area contributed by atoms with Gasteiger partial charge in [0.2, 0.25) is 5.95 Å². The number of halogens is 1. The molecule has 29 heavy (non-hydrogen) atoms. The molecule has 2 heterocycles. The Bertz CT molecular complexity index is 1180. The lowest BCUT2D eigenvalue weighted by Gasteiger charge is -2.20. The first-order valence-corrected chi connectivity index (χ1v) is 10.1. The van der Waals surface area contributed by atoms with Crippen molar-refractivity contribution in [2.75, 3.05) is 5.73 Å². The normalized spacial score (nSPS) is 13.9. The minimum Gasteiger partial charge on any atom is -0.399 e. The number of anilines is 1. The molecule has 1 aromatic heterocycles. The van der Waals surface area contributed by atoms with Crippen LogP contribution in [0.2, 0.25) is 5.02 Å². The van der Waals surface area contributed by atoms with Crippen molar-refractivity contribution >= 4 is 40.1 Å². The summed E-state index contributed by atoms with van der Waals surface area (Å²) in [6, 6.07) is 7.97. The molecule has 6 nitrogen and oxygen atoms in total. The summed E-state index contributed by atoms with van der Waals surface area (Å²) in [6.07, 6.45) is 5.09. The molecule has 146 valence electrons. The van der Waals surface area contributed by atoms with Crippen molar-refractivity contribution < 1.29 is 4.74 Å². The summed E-state index contributed by atoms with van der Waals surface area (Å²) >= 11 is 7.94. The predicted octanol–water partition coefficient (Wildman–Crippen LogP) is 4.59. The van der Waals surface area contributed by atoms with Gasteiger partial charge >= 0.3 is 0 Å². The van der Waals surface area contributed by atoms with Gasteiger partial charge in [-0.2, -0.15) is 9.97 Å². The van der Waals surface area contributed by atoms with Gasteiger partial charge in [0.05, 0.1) is 18.2 Å². The Morgan fingerprint density at radius 1 is 1.21 bits per heavy atom. The van der Waals surface area contributed by atoms with Gasteiger partial charge in [-0.3, -0.25) is 0 Å². The van der Waals surface area contributed by atoms with Crippen molar-refractivity contribution in [1.29, 1.82) is 0 Å². The van der Waals surface area contributed by atoms with E-state index in [-0.39, 0.29) is 5.95 Å². The van der Waals surface area contributed by atoms with Gasteiger partial charge < -0.3 is 16.2 Å². The number of ether oxygens (including phenoxy) is 1. The molecule has 0 fully saturated rings. The second-order valence-corrected chi connectivity index (χ2v) is 7.62. The van der Waals surface area contributed by atoms with E-state index in [2.05, 4.69) is 27.6 Å². The Morgan fingerprint density at radius 2 is 2.03 bits per heavy atom. The Labute approximate surface area is 177 Å². The van der Waals surface area contributed by atoms with Crippen LogP contribution in [0.25, 0.3) is 22.2 Å². The molecule has 0 bridgehead atoms. The van der Waals surface area contributed by atoms with Crippen molar-refractivity contribution in [2.24, 2.45) is 5.73 Å². The largest absolute Gasteiger partial charge is 0.399 e. The topological polar surface area (TPSA) is 99.9 Å². The summed E-state index contributed by atoms with van der Waals surface area (Å²) in [6.45, 7) is 4.70. The van der Waals surface area contributed by atoms with Crippen LogP contribution in [0, 0.1) is 0 Å². The SMILES string of the molecule is C=C/C(N)=C\C=C\Sc1nc(N)nc(-c2c(Cl)cc3c4c(cccc24)COC3)n1. The second-order valence-electron chi connectivity index (χ2n) is 6.34. The molecule has 4 rings (SSSR count). The molecule has 0 amide bonds. The number of nitrogens with two attached hydrogens (primary N) is 2. The van der Waals surface area contributed by atoms with Crippen LogP contribution in [0.5, 0.6) is 0 Å². The Balaban J connectivity index is 1.79. The van der Waals surface area contributed by atoms with E-state index in [0.29, 0.717) is 34.9 Å². The summed E-state index contributed by atoms with van der Waals surface area (Å²) in [5, 5.41) is 4.94. The van der Waals surface area contributed by atoms with E-state index < -0.39 is 0 Å². The third-order valence-electron chi connectivity index (χ3n) is 4.43. The van der Waals surface area contributed by atoms with E-state index in [0.717, 1.165) is 27.5 Å². The molecule has 4 N–H and O–H groups in total. The van der Waals surface area contributed by atoms with Gasteiger partial charge in [0, 0.05) is 11.3 Å². The highest BCUT2D eigenvalue weighted by Gasteiger charge is 2.20. The van der Waals surface area contributed by atoms with Crippen LogP contribution in [0.1, 0.15) is 11.1 Å². The Morgan fingerprint density at radius 3 is 2.86 bits per heavy atom. The summed E-state index contributed by atoms with van der Waals surface area (Å²) < 4.78 is 5.65. The summed E-state index contributed by atoms with van der Waals surface area (Å²) in [4.78, 5) is 13.1. The van der Waals surface area contributed by atoms with Crippen LogP contribution >= 0.6 is 23.4 Å². The number of allylic oxidation sites excluding steroid dienone is 3. The second kappa shape index (κ2) is 8.24. The smallest absolute Gasteiger partial charge is 0.224 e. The van der Waals surface area contributed by atoms with Crippen LogP contribution < -0.4 is 11.5 Å². The number of thioether (sulfide) groups is 1. The molecule has 3 aromatic rings. The molecule has 2 aromatic carbocycles. The molecule has 0 unspecified atom stereocenters. The molecule has 0 spiro atoms. The average molecular weight is 424 g/mol. The van der Waals surface area contributed by atoms with E-state index in [4.69, 9.17) is 27.8 Å². The highest BCUT2D eigenvalue weighted by molar-refractivity contribution is 8.02. The molecule has 0 aliphatic carbocycles. The van der Waals surface area contributed by atoms with Gasteiger partial charge in [0.15, 0.2) is 11.0 Å². The zero-order chi connectivity index (χ0) is 20.4. The van der Waals surface area contributed by atoms with Crippen molar-refractivity contribution in [2.45, 2.75) is 18.4 Å². The minimum atomic E-state index is 0.131. The first kappa shape index (κ1) is 19.4. The Kier molecular flexibility index (Phi) is 5.53. The van der Waals surface area contributed by atoms with Crippen LogP contribution in [-0.4, -0.2) is 15.0 Å². The molecular weight excluding hydrogens is 406 g/mol.